The summed E-state index contributed by atoms with van der Waals surface area (Å²) in [7, 11) is 1.51. The highest BCUT2D eigenvalue weighted by Crippen LogP contribution is 2.33. The Morgan fingerprint density at radius 3 is 2.83 bits per heavy atom. The molecule has 0 spiro atoms. The Kier molecular flexibility index (Phi) is 6.20. The molecule has 1 aromatic rings. The molecule has 7 nitrogen and oxygen atoms in total. The minimum absolute atomic E-state index is 0.0148. The second-order valence-electron chi connectivity index (χ2n) is 5.37. The fraction of sp³-hybridized carbons (Fsp3) is 0.412. The monoisotopic (exact) mass is 335 g/mol. The van der Waals surface area contributed by atoms with Gasteiger partial charge in [0.2, 0.25) is 5.91 Å². The van der Waals surface area contributed by atoms with E-state index in [0.29, 0.717) is 23.7 Å². The first kappa shape index (κ1) is 17.8. The van der Waals surface area contributed by atoms with E-state index in [1.165, 1.54) is 20.1 Å². The van der Waals surface area contributed by atoms with E-state index in [2.05, 4.69) is 5.32 Å². The zero-order valence-electron chi connectivity index (χ0n) is 13.7. The van der Waals surface area contributed by atoms with Crippen molar-refractivity contribution >= 4 is 18.0 Å². The number of amides is 1. The number of rotatable bonds is 7. The minimum atomic E-state index is -1.24. The first-order chi connectivity index (χ1) is 11.5. The van der Waals surface area contributed by atoms with Crippen molar-refractivity contribution in [3.05, 3.63) is 29.5 Å². The first-order valence-electron chi connectivity index (χ1n) is 7.65. The highest BCUT2D eigenvalue weighted by Gasteiger charge is 2.19. The number of hydrogen-bond donors (Lipinski definition) is 2. The van der Waals surface area contributed by atoms with Gasteiger partial charge in [-0.05, 0) is 25.0 Å². The fourth-order valence-corrected chi connectivity index (χ4v) is 2.41. The third kappa shape index (κ3) is 4.73. The molecule has 1 unspecified atom stereocenters. The number of aliphatic carboxylic acids is 1. The summed E-state index contributed by atoms with van der Waals surface area (Å²) in [6.45, 7) is 2.32. The van der Waals surface area contributed by atoms with Gasteiger partial charge in [-0.3, -0.25) is 4.79 Å². The number of carboxylic acids is 1. The van der Waals surface area contributed by atoms with E-state index in [9.17, 15) is 14.7 Å². The highest BCUT2D eigenvalue weighted by atomic mass is 16.5. The Hall–Kier alpha value is -2.54. The summed E-state index contributed by atoms with van der Waals surface area (Å²) < 4.78 is 16.7. The Morgan fingerprint density at radius 2 is 2.25 bits per heavy atom. The minimum Gasteiger partial charge on any atom is -0.493 e. The standard InChI is InChI=1S/C17H21NO6/c1-11(19)18-14(17(20)21)9-12-5-3-7-15(22-2)16(12)24-10-13-6-4-8-23-13/h3,5,7,9,13H,4,6,8,10H2,1-2H3,(H,18,19)(H,20,21)/b14-9-. The van der Waals surface area contributed by atoms with Gasteiger partial charge in [-0.2, -0.15) is 0 Å². The van der Waals surface area contributed by atoms with Crippen LogP contribution in [0.3, 0.4) is 0 Å². The van der Waals surface area contributed by atoms with Crippen molar-refractivity contribution < 1.29 is 28.9 Å². The smallest absolute Gasteiger partial charge is 0.352 e. The average Bonchev–Trinajstić information content (AvgIpc) is 3.05. The van der Waals surface area contributed by atoms with Crippen LogP contribution in [0.1, 0.15) is 25.3 Å². The van der Waals surface area contributed by atoms with Crippen LogP contribution in [0.2, 0.25) is 0 Å². The van der Waals surface area contributed by atoms with E-state index in [4.69, 9.17) is 14.2 Å². The maximum atomic E-state index is 11.3. The van der Waals surface area contributed by atoms with Crippen LogP contribution < -0.4 is 14.8 Å². The molecule has 0 aliphatic carbocycles. The number of carbonyl (C=O) groups is 2. The van der Waals surface area contributed by atoms with Crippen LogP contribution in [0.4, 0.5) is 0 Å². The molecule has 2 N–H and O–H groups in total. The van der Waals surface area contributed by atoms with Gasteiger partial charge in [-0.15, -0.1) is 0 Å². The third-order valence-electron chi connectivity index (χ3n) is 3.51. The number of ether oxygens (including phenoxy) is 3. The predicted molar refractivity (Wildman–Crippen MR) is 86.9 cm³/mol. The molecular formula is C17H21NO6. The van der Waals surface area contributed by atoms with Crippen molar-refractivity contribution in [3.8, 4) is 11.5 Å². The Balaban J connectivity index is 2.29. The highest BCUT2D eigenvalue weighted by molar-refractivity contribution is 5.96. The number of nitrogens with one attached hydrogen (secondary N) is 1. The van der Waals surface area contributed by atoms with Gasteiger partial charge in [0.1, 0.15) is 12.3 Å². The molecule has 1 fully saturated rings. The Morgan fingerprint density at radius 1 is 1.46 bits per heavy atom. The van der Waals surface area contributed by atoms with Crippen LogP contribution in [0.15, 0.2) is 23.9 Å². The number of para-hydroxylation sites is 1. The van der Waals surface area contributed by atoms with E-state index < -0.39 is 11.9 Å². The maximum Gasteiger partial charge on any atom is 0.352 e. The lowest BCUT2D eigenvalue weighted by Gasteiger charge is -2.16. The van der Waals surface area contributed by atoms with Crippen molar-refractivity contribution in [2.75, 3.05) is 20.3 Å². The van der Waals surface area contributed by atoms with Crippen LogP contribution in [0.25, 0.3) is 6.08 Å². The van der Waals surface area contributed by atoms with E-state index in [1.807, 2.05) is 0 Å². The van der Waals surface area contributed by atoms with Gasteiger partial charge in [0, 0.05) is 19.1 Å². The maximum absolute atomic E-state index is 11.3. The summed E-state index contributed by atoms with van der Waals surface area (Å²) in [6, 6.07) is 5.13. The van der Waals surface area contributed by atoms with E-state index in [0.717, 1.165) is 19.4 Å². The van der Waals surface area contributed by atoms with E-state index in [-0.39, 0.29) is 11.8 Å². The summed E-state index contributed by atoms with van der Waals surface area (Å²) in [5.74, 6) is -0.805. The van der Waals surface area contributed by atoms with Crippen LogP contribution >= 0.6 is 0 Å². The summed E-state index contributed by atoms with van der Waals surface area (Å²) >= 11 is 0. The first-order valence-corrected chi connectivity index (χ1v) is 7.65. The molecule has 0 aromatic heterocycles. The van der Waals surface area contributed by atoms with Crippen LogP contribution in [0, 0.1) is 0 Å². The van der Waals surface area contributed by atoms with Gasteiger partial charge in [-0.25, -0.2) is 4.79 Å². The predicted octanol–water partition coefficient (Wildman–Crippen LogP) is 1.81. The molecular weight excluding hydrogens is 314 g/mol. The summed E-state index contributed by atoms with van der Waals surface area (Å²) in [6.07, 6.45) is 3.28. The van der Waals surface area contributed by atoms with Gasteiger partial charge < -0.3 is 24.6 Å². The lowest BCUT2D eigenvalue weighted by molar-refractivity contribution is -0.134. The second-order valence-corrected chi connectivity index (χ2v) is 5.37. The molecule has 1 saturated heterocycles. The number of carboxylic acid groups (broad SMARTS) is 1. The molecule has 1 amide bonds. The SMILES string of the molecule is COc1cccc(/C=C(\NC(C)=O)C(=O)O)c1OCC1CCCO1. The number of hydrogen-bond acceptors (Lipinski definition) is 5. The summed E-state index contributed by atoms with van der Waals surface area (Å²) in [4.78, 5) is 22.5. The zero-order chi connectivity index (χ0) is 17.5. The van der Waals surface area contributed by atoms with Gasteiger partial charge >= 0.3 is 5.97 Å². The average molecular weight is 335 g/mol. The zero-order valence-corrected chi connectivity index (χ0v) is 13.7. The lowest BCUT2D eigenvalue weighted by Crippen LogP contribution is -2.24. The molecule has 1 aliphatic heterocycles. The largest absolute Gasteiger partial charge is 0.493 e. The quantitative estimate of drug-likeness (QED) is 0.738. The van der Waals surface area contributed by atoms with Crippen LogP contribution in [-0.4, -0.2) is 43.4 Å². The Bertz CT molecular complexity index is 634. The van der Waals surface area contributed by atoms with E-state index >= 15 is 0 Å². The normalized spacial score (nSPS) is 17.4. The number of benzene rings is 1. The molecule has 1 aromatic carbocycles. The van der Waals surface area contributed by atoms with Crippen molar-refractivity contribution in [1.29, 1.82) is 0 Å². The van der Waals surface area contributed by atoms with Crippen molar-refractivity contribution in [2.24, 2.45) is 0 Å². The molecule has 0 radical (unpaired) electrons. The van der Waals surface area contributed by atoms with Crippen molar-refractivity contribution in [1.82, 2.24) is 5.32 Å². The Labute approximate surface area is 140 Å². The van der Waals surface area contributed by atoms with Gasteiger partial charge in [0.15, 0.2) is 11.5 Å². The van der Waals surface area contributed by atoms with Crippen molar-refractivity contribution in [3.63, 3.8) is 0 Å². The molecule has 2 rings (SSSR count). The second kappa shape index (κ2) is 8.35. The molecule has 1 heterocycles. The molecule has 1 atom stereocenters. The topological polar surface area (TPSA) is 94.1 Å². The van der Waals surface area contributed by atoms with Crippen LogP contribution in [-0.2, 0) is 14.3 Å². The van der Waals surface area contributed by atoms with Gasteiger partial charge in [0.05, 0.1) is 13.2 Å². The van der Waals surface area contributed by atoms with Crippen LogP contribution in [0.5, 0.6) is 11.5 Å². The summed E-state index contributed by atoms with van der Waals surface area (Å²) in [5, 5.41) is 11.5. The van der Waals surface area contributed by atoms with Gasteiger partial charge in [0.25, 0.3) is 0 Å². The molecule has 130 valence electrons. The molecule has 7 heteroatoms. The number of methoxy groups -OCH3 is 1. The molecule has 0 saturated carbocycles. The van der Waals surface area contributed by atoms with E-state index in [1.54, 1.807) is 18.2 Å². The van der Waals surface area contributed by atoms with Crippen molar-refractivity contribution in [2.45, 2.75) is 25.9 Å². The molecule has 24 heavy (non-hydrogen) atoms. The van der Waals surface area contributed by atoms with Gasteiger partial charge in [-0.1, -0.05) is 12.1 Å². The lowest BCUT2D eigenvalue weighted by atomic mass is 10.1. The number of carbonyl (C=O) groups excluding carboxylic acids is 1. The summed E-state index contributed by atoms with van der Waals surface area (Å²) in [5.41, 5.74) is 0.260. The third-order valence-corrected chi connectivity index (χ3v) is 3.51. The molecule has 0 bridgehead atoms. The molecule has 1 aliphatic rings. The fourth-order valence-electron chi connectivity index (χ4n) is 2.41.